The fourth-order valence-corrected chi connectivity index (χ4v) is 2.79. The van der Waals surface area contributed by atoms with Gasteiger partial charge in [0, 0.05) is 5.56 Å². The summed E-state index contributed by atoms with van der Waals surface area (Å²) in [6.45, 7) is 5.67. The number of aliphatic carboxylic acids is 1. The van der Waals surface area contributed by atoms with E-state index in [-0.39, 0.29) is 12.5 Å². The standard InChI is InChI=1S/C18H24O6/c1-4-15-18(2,10-9-13(19)11-16(20)21)24-17(23-15)12-5-7-14(22-3)8-6-12/h4-8,13,15,17,19H,1,9-11H2,2-3H3,(H,20,21). The van der Waals surface area contributed by atoms with E-state index in [0.717, 1.165) is 11.3 Å². The van der Waals surface area contributed by atoms with Crippen molar-refractivity contribution in [3.63, 3.8) is 0 Å². The normalized spacial score (nSPS) is 27.6. The van der Waals surface area contributed by atoms with Gasteiger partial charge in [-0.15, -0.1) is 6.58 Å². The van der Waals surface area contributed by atoms with Crippen LogP contribution in [0.15, 0.2) is 36.9 Å². The predicted molar refractivity (Wildman–Crippen MR) is 87.8 cm³/mol. The maximum atomic E-state index is 10.7. The molecule has 1 aliphatic rings. The van der Waals surface area contributed by atoms with E-state index in [2.05, 4.69) is 6.58 Å². The fourth-order valence-electron chi connectivity index (χ4n) is 2.79. The number of carbonyl (C=O) groups is 1. The van der Waals surface area contributed by atoms with Crippen molar-refractivity contribution in [2.24, 2.45) is 0 Å². The molecule has 0 aliphatic carbocycles. The Morgan fingerprint density at radius 3 is 2.67 bits per heavy atom. The van der Waals surface area contributed by atoms with Crippen LogP contribution >= 0.6 is 0 Å². The molecule has 0 bridgehead atoms. The quantitative estimate of drug-likeness (QED) is 0.710. The number of aliphatic hydroxyl groups excluding tert-OH is 1. The van der Waals surface area contributed by atoms with Gasteiger partial charge in [-0.05, 0) is 31.9 Å². The zero-order chi connectivity index (χ0) is 17.7. The Morgan fingerprint density at radius 1 is 1.46 bits per heavy atom. The predicted octanol–water partition coefficient (Wildman–Crippen LogP) is 2.67. The molecular formula is C18H24O6. The summed E-state index contributed by atoms with van der Waals surface area (Å²) in [6, 6.07) is 7.40. The Hall–Kier alpha value is -1.89. The highest BCUT2D eigenvalue weighted by atomic mass is 16.7. The zero-order valence-electron chi connectivity index (χ0n) is 14.0. The molecule has 1 fully saturated rings. The van der Waals surface area contributed by atoms with E-state index in [1.54, 1.807) is 13.2 Å². The number of rotatable bonds is 8. The molecule has 132 valence electrons. The molecule has 1 aromatic rings. The minimum atomic E-state index is -1.02. The van der Waals surface area contributed by atoms with Crippen molar-refractivity contribution < 1.29 is 29.2 Å². The number of hydrogen-bond acceptors (Lipinski definition) is 5. The molecule has 4 unspecified atom stereocenters. The van der Waals surface area contributed by atoms with Crippen molar-refractivity contribution in [1.82, 2.24) is 0 Å². The number of ether oxygens (including phenoxy) is 3. The molecule has 1 heterocycles. The van der Waals surface area contributed by atoms with Crippen LogP contribution < -0.4 is 4.74 Å². The van der Waals surface area contributed by atoms with Gasteiger partial charge in [0.05, 0.1) is 25.2 Å². The molecule has 2 rings (SSSR count). The van der Waals surface area contributed by atoms with E-state index < -0.39 is 24.0 Å². The Morgan fingerprint density at radius 2 is 2.12 bits per heavy atom. The van der Waals surface area contributed by atoms with Gasteiger partial charge in [0.15, 0.2) is 6.29 Å². The first-order chi connectivity index (χ1) is 11.4. The van der Waals surface area contributed by atoms with Crippen molar-refractivity contribution in [1.29, 1.82) is 0 Å². The van der Waals surface area contributed by atoms with Crippen LogP contribution in [0.1, 0.15) is 38.0 Å². The second-order valence-electron chi connectivity index (χ2n) is 6.12. The van der Waals surface area contributed by atoms with E-state index in [9.17, 15) is 9.90 Å². The van der Waals surface area contributed by atoms with E-state index in [1.165, 1.54) is 0 Å². The number of carboxylic acid groups (broad SMARTS) is 1. The Balaban J connectivity index is 2.03. The van der Waals surface area contributed by atoms with Crippen LogP contribution in [0.4, 0.5) is 0 Å². The van der Waals surface area contributed by atoms with Crippen molar-refractivity contribution >= 4 is 5.97 Å². The van der Waals surface area contributed by atoms with Crippen molar-refractivity contribution in [3.05, 3.63) is 42.5 Å². The third kappa shape index (κ3) is 4.35. The number of methoxy groups -OCH3 is 1. The maximum Gasteiger partial charge on any atom is 0.305 e. The van der Waals surface area contributed by atoms with Crippen LogP contribution in [0.3, 0.4) is 0 Å². The van der Waals surface area contributed by atoms with Crippen LogP contribution in [0.5, 0.6) is 5.75 Å². The molecule has 6 heteroatoms. The van der Waals surface area contributed by atoms with Crippen LogP contribution in [0.25, 0.3) is 0 Å². The Kier molecular flexibility index (Phi) is 5.99. The minimum absolute atomic E-state index is 0.280. The van der Waals surface area contributed by atoms with Crippen LogP contribution in [-0.4, -0.2) is 41.1 Å². The van der Waals surface area contributed by atoms with Gasteiger partial charge in [0.25, 0.3) is 0 Å². The number of carboxylic acids is 1. The Bertz CT molecular complexity index is 569. The fraction of sp³-hybridized carbons (Fsp3) is 0.500. The highest BCUT2D eigenvalue weighted by molar-refractivity contribution is 5.67. The van der Waals surface area contributed by atoms with Gasteiger partial charge < -0.3 is 24.4 Å². The summed E-state index contributed by atoms with van der Waals surface area (Å²) in [5, 5.41) is 18.5. The summed E-state index contributed by atoms with van der Waals surface area (Å²) in [5.74, 6) is -0.274. The smallest absolute Gasteiger partial charge is 0.305 e. The molecule has 4 atom stereocenters. The molecule has 1 saturated heterocycles. The zero-order valence-corrected chi connectivity index (χ0v) is 14.0. The third-order valence-corrected chi connectivity index (χ3v) is 4.23. The second-order valence-corrected chi connectivity index (χ2v) is 6.12. The van der Waals surface area contributed by atoms with E-state index in [1.807, 2.05) is 31.2 Å². The van der Waals surface area contributed by atoms with Gasteiger partial charge in [-0.1, -0.05) is 18.2 Å². The summed E-state index contributed by atoms with van der Waals surface area (Å²) >= 11 is 0. The summed E-state index contributed by atoms with van der Waals surface area (Å²) in [5.41, 5.74) is 0.184. The molecule has 24 heavy (non-hydrogen) atoms. The molecule has 1 aliphatic heterocycles. The van der Waals surface area contributed by atoms with Gasteiger partial charge in [0.2, 0.25) is 0 Å². The van der Waals surface area contributed by atoms with Crippen LogP contribution in [0.2, 0.25) is 0 Å². The topological polar surface area (TPSA) is 85.2 Å². The summed E-state index contributed by atoms with van der Waals surface area (Å²) < 4.78 is 17.1. The summed E-state index contributed by atoms with van der Waals surface area (Å²) in [4.78, 5) is 10.7. The molecule has 0 radical (unpaired) electrons. The lowest BCUT2D eigenvalue weighted by atomic mass is 9.91. The van der Waals surface area contributed by atoms with Crippen LogP contribution in [-0.2, 0) is 14.3 Å². The number of hydrogen-bond donors (Lipinski definition) is 2. The monoisotopic (exact) mass is 336 g/mol. The highest BCUT2D eigenvalue weighted by Gasteiger charge is 2.45. The lowest BCUT2D eigenvalue weighted by molar-refractivity contribution is -0.139. The molecule has 0 amide bonds. The minimum Gasteiger partial charge on any atom is -0.497 e. The molecule has 6 nitrogen and oxygen atoms in total. The lowest BCUT2D eigenvalue weighted by Gasteiger charge is -2.27. The highest BCUT2D eigenvalue weighted by Crippen LogP contribution is 2.41. The first kappa shape index (κ1) is 18.4. The first-order valence-corrected chi connectivity index (χ1v) is 7.87. The number of aliphatic hydroxyl groups is 1. The van der Waals surface area contributed by atoms with Crippen molar-refractivity contribution in [3.8, 4) is 5.75 Å². The van der Waals surface area contributed by atoms with Gasteiger partial charge in [-0.25, -0.2) is 0 Å². The van der Waals surface area contributed by atoms with E-state index >= 15 is 0 Å². The molecule has 0 aromatic heterocycles. The maximum absolute atomic E-state index is 10.7. The first-order valence-electron chi connectivity index (χ1n) is 7.87. The Labute approximate surface area is 141 Å². The molecular weight excluding hydrogens is 312 g/mol. The van der Waals surface area contributed by atoms with Crippen molar-refractivity contribution in [2.75, 3.05) is 7.11 Å². The largest absolute Gasteiger partial charge is 0.497 e. The average molecular weight is 336 g/mol. The molecule has 1 aromatic carbocycles. The van der Waals surface area contributed by atoms with Gasteiger partial charge in [-0.3, -0.25) is 4.79 Å². The third-order valence-electron chi connectivity index (χ3n) is 4.23. The molecule has 0 saturated carbocycles. The SMILES string of the molecule is C=CC1OC(c2ccc(OC)cc2)OC1(C)CCC(O)CC(=O)O. The molecule has 2 N–H and O–H groups in total. The average Bonchev–Trinajstić information content (AvgIpc) is 2.90. The number of benzene rings is 1. The van der Waals surface area contributed by atoms with Gasteiger partial charge in [-0.2, -0.15) is 0 Å². The lowest BCUT2D eigenvalue weighted by Crippen LogP contribution is -2.36. The summed E-state index contributed by atoms with van der Waals surface area (Å²) in [7, 11) is 1.60. The second kappa shape index (κ2) is 7.79. The molecule has 0 spiro atoms. The van der Waals surface area contributed by atoms with Crippen LogP contribution in [0, 0.1) is 0 Å². The van der Waals surface area contributed by atoms with Crippen molar-refractivity contribution in [2.45, 2.75) is 50.3 Å². The van der Waals surface area contributed by atoms with E-state index in [4.69, 9.17) is 19.3 Å². The van der Waals surface area contributed by atoms with E-state index in [0.29, 0.717) is 12.8 Å². The van der Waals surface area contributed by atoms with Gasteiger partial charge >= 0.3 is 5.97 Å². The van der Waals surface area contributed by atoms with Gasteiger partial charge in [0.1, 0.15) is 11.9 Å². The summed E-state index contributed by atoms with van der Waals surface area (Å²) in [6.07, 6.45) is 0.372.